The number of nitrogens with one attached hydrogen (secondary N) is 1. The number of benzene rings is 1. The van der Waals surface area contributed by atoms with Crippen molar-refractivity contribution >= 4 is 33.9 Å². The Morgan fingerprint density at radius 3 is 2.83 bits per heavy atom. The second-order valence-electron chi connectivity index (χ2n) is 4.55. The Labute approximate surface area is 124 Å². The second-order valence-corrected chi connectivity index (χ2v) is 6.88. The number of rotatable bonds is 4. The summed E-state index contributed by atoms with van der Waals surface area (Å²) in [5.74, 6) is -0.171. The van der Waals surface area contributed by atoms with Crippen LogP contribution >= 0.6 is 33.9 Å². The first kappa shape index (κ1) is 12.6. The zero-order valence-corrected chi connectivity index (χ0v) is 12.7. The number of halogens is 2. The fraction of sp³-hybridized carbons (Fsp3) is 0.286. The maximum Gasteiger partial charge on any atom is 0.124 e. The highest BCUT2D eigenvalue weighted by molar-refractivity contribution is 14.1. The normalized spacial score (nSPS) is 15.0. The molecule has 3 rings (SSSR count). The van der Waals surface area contributed by atoms with Gasteiger partial charge in [-0.1, -0.05) is 0 Å². The Balaban J connectivity index is 1.78. The molecule has 0 atom stereocenters. The first-order chi connectivity index (χ1) is 8.72. The molecule has 1 nitrogen and oxygen atoms in total. The zero-order chi connectivity index (χ0) is 12.5. The standard InChI is InChI=1S/C14H13FINS/c15-9-1-5-12(13(16)7-9)14-6-4-11(18-14)8-17-10-2-3-10/h1,4-7,10,17H,2-3,8H2. The van der Waals surface area contributed by atoms with Crippen LogP contribution in [0.15, 0.2) is 30.3 Å². The van der Waals surface area contributed by atoms with Gasteiger partial charge in [-0.2, -0.15) is 0 Å². The molecule has 0 spiro atoms. The van der Waals surface area contributed by atoms with Gasteiger partial charge in [0.1, 0.15) is 5.82 Å². The monoisotopic (exact) mass is 373 g/mol. The van der Waals surface area contributed by atoms with E-state index in [2.05, 4.69) is 40.0 Å². The summed E-state index contributed by atoms with van der Waals surface area (Å²) in [6.45, 7) is 0.951. The maximum absolute atomic E-state index is 13.1. The Morgan fingerprint density at radius 2 is 2.11 bits per heavy atom. The maximum atomic E-state index is 13.1. The van der Waals surface area contributed by atoms with E-state index in [1.165, 1.54) is 28.7 Å². The summed E-state index contributed by atoms with van der Waals surface area (Å²) in [6.07, 6.45) is 2.63. The molecular formula is C14H13FINS. The van der Waals surface area contributed by atoms with Gasteiger partial charge in [0.25, 0.3) is 0 Å². The van der Waals surface area contributed by atoms with E-state index in [1.807, 2.05) is 6.07 Å². The van der Waals surface area contributed by atoms with Crippen molar-refractivity contribution < 1.29 is 4.39 Å². The minimum absolute atomic E-state index is 0.171. The Bertz CT molecular complexity index is 563. The van der Waals surface area contributed by atoms with Gasteiger partial charge >= 0.3 is 0 Å². The first-order valence-corrected chi connectivity index (χ1v) is 7.89. The molecule has 18 heavy (non-hydrogen) atoms. The fourth-order valence-electron chi connectivity index (χ4n) is 1.84. The largest absolute Gasteiger partial charge is 0.309 e. The quantitative estimate of drug-likeness (QED) is 0.783. The molecular weight excluding hydrogens is 360 g/mol. The molecule has 0 radical (unpaired) electrons. The molecule has 2 aromatic rings. The minimum Gasteiger partial charge on any atom is -0.309 e. The van der Waals surface area contributed by atoms with Crippen molar-refractivity contribution in [3.63, 3.8) is 0 Å². The molecule has 1 aromatic carbocycles. The van der Waals surface area contributed by atoms with E-state index >= 15 is 0 Å². The summed E-state index contributed by atoms with van der Waals surface area (Å²) >= 11 is 3.98. The van der Waals surface area contributed by atoms with E-state index in [0.29, 0.717) is 0 Å². The highest BCUT2D eigenvalue weighted by Crippen LogP contribution is 2.32. The topological polar surface area (TPSA) is 12.0 Å². The summed E-state index contributed by atoms with van der Waals surface area (Å²) < 4.78 is 14.0. The first-order valence-electron chi connectivity index (χ1n) is 6.00. The lowest BCUT2D eigenvalue weighted by molar-refractivity contribution is 0.627. The van der Waals surface area contributed by atoms with Gasteiger partial charge in [0.15, 0.2) is 0 Å². The SMILES string of the molecule is Fc1ccc(-c2ccc(CNC3CC3)s2)c(I)c1. The number of thiophene rings is 1. The van der Waals surface area contributed by atoms with Crippen LogP contribution in [0, 0.1) is 9.39 Å². The van der Waals surface area contributed by atoms with Crippen LogP contribution in [0.5, 0.6) is 0 Å². The average molecular weight is 373 g/mol. The molecule has 0 aliphatic heterocycles. The van der Waals surface area contributed by atoms with Gasteiger partial charge in [0.05, 0.1) is 0 Å². The van der Waals surface area contributed by atoms with E-state index in [4.69, 9.17) is 0 Å². The molecule has 1 saturated carbocycles. The molecule has 1 fully saturated rings. The summed E-state index contributed by atoms with van der Waals surface area (Å²) in [6, 6.07) is 10.00. The smallest absolute Gasteiger partial charge is 0.124 e. The molecule has 1 aromatic heterocycles. The van der Waals surface area contributed by atoms with Crippen LogP contribution in [0.2, 0.25) is 0 Å². The minimum atomic E-state index is -0.171. The third-order valence-corrected chi connectivity index (χ3v) is 5.01. The summed E-state index contributed by atoms with van der Waals surface area (Å²) in [5.41, 5.74) is 1.12. The van der Waals surface area contributed by atoms with Gasteiger partial charge in [-0.05, 0) is 65.8 Å². The third kappa shape index (κ3) is 2.92. The van der Waals surface area contributed by atoms with Crippen molar-refractivity contribution in [2.24, 2.45) is 0 Å². The molecule has 1 heterocycles. The van der Waals surface area contributed by atoms with Crippen molar-refractivity contribution in [1.29, 1.82) is 0 Å². The van der Waals surface area contributed by atoms with Crippen LogP contribution in [0.1, 0.15) is 17.7 Å². The molecule has 4 heteroatoms. The second kappa shape index (κ2) is 5.27. The van der Waals surface area contributed by atoms with Gasteiger partial charge in [-0.25, -0.2) is 4.39 Å². The Kier molecular flexibility index (Phi) is 3.68. The van der Waals surface area contributed by atoms with Crippen LogP contribution in [-0.2, 0) is 6.54 Å². The van der Waals surface area contributed by atoms with Crippen LogP contribution in [0.4, 0.5) is 4.39 Å². The molecule has 0 amide bonds. The predicted molar refractivity (Wildman–Crippen MR) is 82.3 cm³/mol. The van der Waals surface area contributed by atoms with E-state index in [9.17, 15) is 4.39 Å². The van der Waals surface area contributed by atoms with Crippen LogP contribution in [0.25, 0.3) is 10.4 Å². The molecule has 0 saturated heterocycles. The Morgan fingerprint density at radius 1 is 1.28 bits per heavy atom. The van der Waals surface area contributed by atoms with Crippen molar-refractivity contribution in [3.8, 4) is 10.4 Å². The Hall–Kier alpha value is -0.460. The van der Waals surface area contributed by atoms with E-state index < -0.39 is 0 Å². The summed E-state index contributed by atoms with van der Waals surface area (Å²) in [7, 11) is 0. The molecule has 94 valence electrons. The van der Waals surface area contributed by atoms with Crippen LogP contribution in [-0.4, -0.2) is 6.04 Å². The van der Waals surface area contributed by atoms with Gasteiger partial charge in [0, 0.05) is 31.5 Å². The van der Waals surface area contributed by atoms with Crippen molar-refractivity contribution in [2.75, 3.05) is 0 Å². The van der Waals surface area contributed by atoms with E-state index in [-0.39, 0.29) is 5.82 Å². The van der Waals surface area contributed by atoms with Crippen molar-refractivity contribution in [2.45, 2.75) is 25.4 Å². The van der Waals surface area contributed by atoms with Gasteiger partial charge in [-0.3, -0.25) is 0 Å². The zero-order valence-electron chi connectivity index (χ0n) is 9.75. The van der Waals surface area contributed by atoms with Crippen LogP contribution in [0.3, 0.4) is 0 Å². The average Bonchev–Trinajstić information content (AvgIpc) is 3.05. The predicted octanol–water partition coefficient (Wildman–Crippen LogP) is 4.41. The third-order valence-electron chi connectivity index (χ3n) is 3.00. The highest BCUT2D eigenvalue weighted by Gasteiger charge is 2.20. The lowest BCUT2D eigenvalue weighted by Crippen LogP contribution is -2.14. The summed E-state index contributed by atoms with van der Waals surface area (Å²) in [4.78, 5) is 2.56. The molecule has 1 aliphatic rings. The van der Waals surface area contributed by atoms with E-state index in [1.54, 1.807) is 17.4 Å². The fourth-order valence-corrected chi connectivity index (χ4v) is 3.79. The lowest BCUT2D eigenvalue weighted by Gasteiger charge is -2.02. The van der Waals surface area contributed by atoms with Crippen molar-refractivity contribution in [3.05, 3.63) is 44.6 Å². The van der Waals surface area contributed by atoms with Gasteiger partial charge < -0.3 is 5.32 Å². The summed E-state index contributed by atoms with van der Waals surface area (Å²) in [5, 5.41) is 3.51. The molecule has 0 bridgehead atoms. The van der Waals surface area contributed by atoms with Crippen molar-refractivity contribution in [1.82, 2.24) is 5.32 Å². The van der Waals surface area contributed by atoms with Crippen LogP contribution < -0.4 is 5.32 Å². The van der Waals surface area contributed by atoms with Gasteiger partial charge in [0.2, 0.25) is 0 Å². The molecule has 0 unspecified atom stereocenters. The number of hydrogen-bond acceptors (Lipinski definition) is 2. The molecule has 1 aliphatic carbocycles. The van der Waals surface area contributed by atoms with Gasteiger partial charge in [-0.15, -0.1) is 11.3 Å². The molecule has 1 N–H and O–H groups in total. The van der Waals surface area contributed by atoms with E-state index in [0.717, 1.165) is 21.7 Å². The lowest BCUT2D eigenvalue weighted by atomic mass is 10.2. The highest BCUT2D eigenvalue weighted by atomic mass is 127. The number of hydrogen-bond donors (Lipinski definition) is 1.